The zero-order valence-electron chi connectivity index (χ0n) is 14.3. The van der Waals surface area contributed by atoms with Gasteiger partial charge in [0.15, 0.2) is 0 Å². The van der Waals surface area contributed by atoms with E-state index in [2.05, 4.69) is 27.7 Å². The third-order valence-electron chi connectivity index (χ3n) is 4.03. The summed E-state index contributed by atoms with van der Waals surface area (Å²) in [5.41, 5.74) is 0. The van der Waals surface area contributed by atoms with Gasteiger partial charge in [0.05, 0.1) is 0 Å². The molecule has 0 amide bonds. The standard InChI is InChI=1S/C16H35PS4/c1-5-9-11-15(7-3)13-20-17(18,19)21-14-16(8-4)12-10-6-2/h15-16H,5-14H2,1-4H3,(H,18,19). The normalized spacial score (nSPS) is 17.4. The summed E-state index contributed by atoms with van der Waals surface area (Å²) in [6.45, 7) is 9.18. The molecule has 21 heavy (non-hydrogen) atoms. The van der Waals surface area contributed by atoms with Crippen LogP contribution < -0.4 is 0 Å². The van der Waals surface area contributed by atoms with E-state index in [0.717, 1.165) is 11.8 Å². The second-order valence-corrected chi connectivity index (χ2v) is 20.8. The van der Waals surface area contributed by atoms with Crippen LogP contribution in [0.15, 0.2) is 0 Å². The third kappa shape index (κ3) is 12.8. The fourth-order valence-electron chi connectivity index (χ4n) is 2.23. The highest BCUT2D eigenvalue weighted by Gasteiger charge is 2.18. The Labute approximate surface area is 152 Å². The van der Waals surface area contributed by atoms with Crippen molar-refractivity contribution in [1.29, 1.82) is 0 Å². The highest BCUT2D eigenvalue weighted by molar-refractivity contribution is 9.20. The molecule has 0 fully saturated rings. The van der Waals surface area contributed by atoms with Crippen molar-refractivity contribution in [3.63, 3.8) is 0 Å². The van der Waals surface area contributed by atoms with Gasteiger partial charge in [-0.25, -0.2) is 0 Å². The molecule has 0 N–H and O–H groups in total. The Morgan fingerprint density at radius 3 is 1.52 bits per heavy atom. The van der Waals surface area contributed by atoms with E-state index in [-0.39, 0.29) is 0 Å². The maximum absolute atomic E-state index is 5.80. The molecule has 0 saturated carbocycles. The lowest BCUT2D eigenvalue weighted by Crippen LogP contribution is -2.02. The smallest absolute Gasteiger partial charge is 0.106 e. The summed E-state index contributed by atoms with van der Waals surface area (Å²) in [6, 6.07) is 0. The van der Waals surface area contributed by atoms with Gasteiger partial charge in [-0.05, 0) is 24.7 Å². The summed E-state index contributed by atoms with van der Waals surface area (Å²) in [7, 11) is 0. The zero-order valence-corrected chi connectivity index (χ0v) is 18.6. The largest absolute Gasteiger partial charge is 0.122 e. The van der Waals surface area contributed by atoms with Crippen LogP contribution in [-0.4, -0.2) is 11.5 Å². The van der Waals surface area contributed by atoms with Crippen molar-refractivity contribution < 1.29 is 0 Å². The Balaban J connectivity index is 4.08. The number of unbranched alkanes of at least 4 members (excludes halogenated alkanes) is 2. The monoisotopic (exact) mass is 386 g/mol. The fourth-order valence-corrected chi connectivity index (χ4v) is 10.6. The van der Waals surface area contributed by atoms with Gasteiger partial charge in [-0.3, -0.25) is 0 Å². The molecule has 0 aromatic rings. The minimum Gasteiger partial charge on any atom is -0.122 e. The van der Waals surface area contributed by atoms with Crippen LogP contribution >= 0.6 is 38.7 Å². The maximum Gasteiger partial charge on any atom is 0.106 e. The summed E-state index contributed by atoms with van der Waals surface area (Å²) >= 11 is 14.6. The number of hydrogen-bond acceptors (Lipinski definition) is 3. The minimum absolute atomic E-state index is 0.840. The van der Waals surface area contributed by atoms with Crippen LogP contribution in [0.25, 0.3) is 0 Å². The van der Waals surface area contributed by atoms with E-state index in [1.807, 2.05) is 22.8 Å². The first-order valence-electron chi connectivity index (χ1n) is 8.60. The molecule has 0 radical (unpaired) electrons. The summed E-state index contributed by atoms with van der Waals surface area (Å²) < 4.78 is -1.53. The molecule has 0 aromatic heterocycles. The Morgan fingerprint density at radius 2 is 1.24 bits per heavy atom. The van der Waals surface area contributed by atoms with Crippen molar-refractivity contribution in [2.75, 3.05) is 11.5 Å². The summed E-state index contributed by atoms with van der Waals surface area (Å²) in [4.78, 5) is 0. The minimum atomic E-state index is -1.53. The SMILES string of the molecule is CCCCC(CC)CSP(=S)(S)SCC(CC)CCCC. The molecule has 0 spiro atoms. The molecular weight excluding hydrogens is 351 g/mol. The summed E-state index contributed by atoms with van der Waals surface area (Å²) in [5, 5.41) is 0. The van der Waals surface area contributed by atoms with Gasteiger partial charge in [-0.1, -0.05) is 78.0 Å². The molecule has 0 nitrogen and oxygen atoms in total. The maximum atomic E-state index is 5.80. The van der Waals surface area contributed by atoms with Gasteiger partial charge in [0.1, 0.15) is 3.64 Å². The van der Waals surface area contributed by atoms with Gasteiger partial charge in [0.2, 0.25) is 0 Å². The molecule has 0 aliphatic rings. The second-order valence-electron chi connectivity index (χ2n) is 5.89. The van der Waals surface area contributed by atoms with E-state index >= 15 is 0 Å². The van der Waals surface area contributed by atoms with Gasteiger partial charge in [-0.2, -0.15) is 0 Å². The lowest BCUT2D eigenvalue weighted by atomic mass is 10.0. The zero-order chi connectivity index (χ0) is 16.1. The summed E-state index contributed by atoms with van der Waals surface area (Å²) in [6.07, 6.45) is 10.6. The van der Waals surface area contributed by atoms with E-state index in [0.29, 0.717) is 0 Å². The summed E-state index contributed by atoms with van der Waals surface area (Å²) in [5.74, 6) is 4.12. The van der Waals surface area contributed by atoms with Crippen LogP contribution in [-0.2, 0) is 11.8 Å². The Hall–Kier alpha value is 1.70. The number of rotatable bonds is 14. The average molecular weight is 387 g/mol. The first kappa shape index (κ1) is 22.7. The first-order valence-corrected chi connectivity index (χ1v) is 15.7. The van der Waals surface area contributed by atoms with Crippen molar-refractivity contribution in [1.82, 2.24) is 0 Å². The first-order chi connectivity index (χ1) is 9.99. The molecule has 0 rings (SSSR count). The van der Waals surface area contributed by atoms with E-state index in [4.69, 9.17) is 24.1 Å². The molecule has 0 aliphatic heterocycles. The average Bonchev–Trinajstić information content (AvgIpc) is 2.47. The molecule has 0 aliphatic carbocycles. The van der Waals surface area contributed by atoms with Crippen LogP contribution in [0.2, 0.25) is 0 Å². The van der Waals surface area contributed by atoms with Gasteiger partial charge in [-0.15, -0.1) is 35.0 Å². The van der Waals surface area contributed by atoms with Crippen molar-refractivity contribution in [2.24, 2.45) is 11.8 Å². The van der Waals surface area contributed by atoms with Crippen molar-refractivity contribution in [3.8, 4) is 0 Å². The van der Waals surface area contributed by atoms with E-state index in [9.17, 15) is 0 Å². The van der Waals surface area contributed by atoms with E-state index in [1.165, 1.54) is 62.9 Å². The quantitative estimate of drug-likeness (QED) is 0.237. The lowest BCUT2D eigenvalue weighted by Gasteiger charge is -2.21. The predicted octanol–water partition coefficient (Wildman–Crippen LogP) is 8.04. The third-order valence-corrected chi connectivity index (χ3v) is 14.7. The molecular formula is C16H35PS4. The predicted molar refractivity (Wildman–Crippen MR) is 115 cm³/mol. The van der Waals surface area contributed by atoms with Gasteiger partial charge in [0.25, 0.3) is 0 Å². The van der Waals surface area contributed by atoms with Gasteiger partial charge < -0.3 is 0 Å². The molecule has 2 unspecified atom stereocenters. The molecule has 0 heterocycles. The molecule has 0 bridgehead atoms. The molecule has 5 heteroatoms. The van der Waals surface area contributed by atoms with Gasteiger partial charge >= 0.3 is 0 Å². The Kier molecular flexibility index (Phi) is 15.2. The van der Waals surface area contributed by atoms with Crippen LogP contribution in [0.4, 0.5) is 0 Å². The topological polar surface area (TPSA) is 0 Å². The number of thiol groups is 1. The Bertz CT molecular complexity index is 259. The van der Waals surface area contributed by atoms with Crippen LogP contribution in [0.3, 0.4) is 0 Å². The van der Waals surface area contributed by atoms with Gasteiger partial charge in [0, 0.05) is 11.5 Å². The van der Waals surface area contributed by atoms with E-state index < -0.39 is 3.64 Å². The lowest BCUT2D eigenvalue weighted by molar-refractivity contribution is 0.500. The molecule has 0 aromatic carbocycles. The highest BCUT2D eigenvalue weighted by Crippen LogP contribution is 2.73. The molecule has 128 valence electrons. The van der Waals surface area contributed by atoms with Crippen molar-refractivity contribution in [2.45, 2.75) is 79.1 Å². The highest BCUT2D eigenvalue weighted by atomic mass is 33.5. The van der Waals surface area contributed by atoms with E-state index in [1.54, 1.807) is 0 Å². The van der Waals surface area contributed by atoms with Crippen LogP contribution in [0, 0.1) is 11.8 Å². The Morgan fingerprint density at radius 1 is 0.857 bits per heavy atom. The van der Waals surface area contributed by atoms with Crippen LogP contribution in [0.5, 0.6) is 0 Å². The van der Waals surface area contributed by atoms with Crippen molar-refractivity contribution >= 4 is 50.5 Å². The van der Waals surface area contributed by atoms with Crippen LogP contribution in [0.1, 0.15) is 79.1 Å². The number of hydrogen-bond donors (Lipinski definition) is 1. The molecule has 0 saturated heterocycles. The second kappa shape index (κ2) is 14.1. The van der Waals surface area contributed by atoms with Crippen molar-refractivity contribution in [3.05, 3.63) is 0 Å². The fraction of sp³-hybridized carbons (Fsp3) is 1.00. The molecule has 2 atom stereocenters.